The van der Waals surface area contributed by atoms with E-state index < -0.39 is 0 Å². The molecule has 0 saturated carbocycles. The van der Waals surface area contributed by atoms with Crippen molar-refractivity contribution in [2.75, 3.05) is 5.32 Å². The SMILES string of the molecule is O=C(Nc1ccc(Cl)cc1)c1ccc(CSc2cn[nH]n2)cc1. The summed E-state index contributed by atoms with van der Waals surface area (Å²) in [5.74, 6) is 0.619. The second kappa shape index (κ2) is 7.30. The van der Waals surface area contributed by atoms with Crippen molar-refractivity contribution in [1.29, 1.82) is 0 Å². The van der Waals surface area contributed by atoms with Crippen molar-refractivity contribution in [3.05, 3.63) is 70.9 Å². The van der Waals surface area contributed by atoms with Gasteiger partial charge in [0.05, 0.1) is 6.20 Å². The fourth-order valence-electron chi connectivity index (χ4n) is 1.91. The smallest absolute Gasteiger partial charge is 0.255 e. The number of nitrogens with one attached hydrogen (secondary N) is 2. The molecule has 0 aliphatic heterocycles. The zero-order valence-electron chi connectivity index (χ0n) is 12.0. The quantitative estimate of drug-likeness (QED) is 0.686. The van der Waals surface area contributed by atoms with Gasteiger partial charge in [0.2, 0.25) is 0 Å². The number of nitrogens with zero attached hydrogens (tertiary/aromatic N) is 2. The maximum absolute atomic E-state index is 12.2. The summed E-state index contributed by atoms with van der Waals surface area (Å²) < 4.78 is 0. The highest BCUT2D eigenvalue weighted by molar-refractivity contribution is 7.98. The van der Waals surface area contributed by atoms with E-state index in [1.165, 1.54) is 0 Å². The van der Waals surface area contributed by atoms with Crippen LogP contribution in [0.4, 0.5) is 5.69 Å². The van der Waals surface area contributed by atoms with Crippen LogP contribution in [-0.2, 0) is 5.75 Å². The van der Waals surface area contributed by atoms with Gasteiger partial charge in [-0.05, 0) is 42.0 Å². The summed E-state index contributed by atoms with van der Waals surface area (Å²) in [5, 5.41) is 14.6. The number of aromatic amines is 1. The number of amides is 1. The van der Waals surface area contributed by atoms with E-state index >= 15 is 0 Å². The number of rotatable bonds is 5. The molecule has 0 aliphatic carbocycles. The van der Waals surface area contributed by atoms with Crippen LogP contribution in [-0.4, -0.2) is 21.3 Å². The number of benzene rings is 2. The first kappa shape index (κ1) is 15.6. The van der Waals surface area contributed by atoms with Gasteiger partial charge in [0.1, 0.15) is 5.03 Å². The molecule has 3 aromatic rings. The molecule has 1 heterocycles. The fourth-order valence-corrected chi connectivity index (χ4v) is 2.77. The molecule has 1 aromatic heterocycles. The Hall–Kier alpha value is -2.31. The van der Waals surface area contributed by atoms with Gasteiger partial charge < -0.3 is 5.32 Å². The van der Waals surface area contributed by atoms with Crippen LogP contribution in [0.25, 0.3) is 0 Å². The number of aromatic nitrogens is 3. The standard InChI is InChI=1S/C16H13ClN4OS/c17-13-5-7-14(8-6-13)19-16(22)12-3-1-11(2-4-12)10-23-15-9-18-21-20-15/h1-9H,10H2,(H,19,22)(H,18,20,21). The number of halogens is 1. The van der Waals surface area contributed by atoms with Crippen LogP contribution in [0.1, 0.15) is 15.9 Å². The fraction of sp³-hybridized carbons (Fsp3) is 0.0625. The van der Waals surface area contributed by atoms with E-state index in [-0.39, 0.29) is 5.91 Å². The Kier molecular flexibility index (Phi) is 4.95. The number of thioether (sulfide) groups is 1. The monoisotopic (exact) mass is 344 g/mol. The van der Waals surface area contributed by atoms with E-state index in [1.54, 1.807) is 42.2 Å². The van der Waals surface area contributed by atoms with Crippen molar-refractivity contribution in [3.63, 3.8) is 0 Å². The lowest BCUT2D eigenvalue weighted by Gasteiger charge is -2.06. The number of carbonyl (C=O) groups excluding carboxylic acids is 1. The normalized spacial score (nSPS) is 10.5. The van der Waals surface area contributed by atoms with Crippen LogP contribution in [0.15, 0.2) is 59.8 Å². The minimum Gasteiger partial charge on any atom is -0.322 e. The summed E-state index contributed by atoms with van der Waals surface area (Å²) in [6.45, 7) is 0. The molecule has 5 nitrogen and oxygen atoms in total. The van der Waals surface area contributed by atoms with Crippen LogP contribution in [0, 0.1) is 0 Å². The largest absolute Gasteiger partial charge is 0.322 e. The molecule has 116 valence electrons. The molecule has 0 unspecified atom stereocenters. The Balaban J connectivity index is 1.59. The van der Waals surface area contributed by atoms with Gasteiger partial charge in [-0.2, -0.15) is 10.3 Å². The molecular formula is C16H13ClN4OS. The molecule has 23 heavy (non-hydrogen) atoms. The number of hydrogen-bond donors (Lipinski definition) is 2. The molecule has 0 bridgehead atoms. The van der Waals surface area contributed by atoms with Crippen molar-refractivity contribution < 1.29 is 4.79 Å². The van der Waals surface area contributed by atoms with E-state index in [2.05, 4.69) is 20.7 Å². The molecule has 0 spiro atoms. The van der Waals surface area contributed by atoms with E-state index in [9.17, 15) is 4.79 Å². The third kappa shape index (κ3) is 4.34. The van der Waals surface area contributed by atoms with Gasteiger partial charge in [0.25, 0.3) is 5.91 Å². The average Bonchev–Trinajstić information content (AvgIpc) is 3.09. The van der Waals surface area contributed by atoms with Gasteiger partial charge in [-0.3, -0.25) is 4.79 Å². The maximum atomic E-state index is 12.2. The Morgan fingerprint density at radius 2 is 1.87 bits per heavy atom. The van der Waals surface area contributed by atoms with Gasteiger partial charge >= 0.3 is 0 Å². The topological polar surface area (TPSA) is 70.7 Å². The Morgan fingerprint density at radius 1 is 1.13 bits per heavy atom. The summed E-state index contributed by atoms with van der Waals surface area (Å²) in [5.41, 5.74) is 2.43. The molecule has 1 amide bonds. The summed E-state index contributed by atoms with van der Waals surface area (Å²) in [6.07, 6.45) is 1.68. The molecule has 2 aromatic carbocycles. The van der Waals surface area contributed by atoms with Crippen molar-refractivity contribution in [2.24, 2.45) is 0 Å². The van der Waals surface area contributed by atoms with Gasteiger partial charge in [-0.25, -0.2) is 0 Å². The van der Waals surface area contributed by atoms with Crippen LogP contribution in [0.3, 0.4) is 0 Å². The van der Waals surface area contributed by atoms with E-state index in [0.717, 1.165) is 16.3 Å². The van der Waals surface area contributed by atoms with Crippen LogP contribution >= 0.6 is 23.4 Å². The first-order chi connectivity index (χ1) is 11.2. The van der Waals surface area contributed by atoms with Gasteiger partial charge in [0.15, 0.2) is 0 Å². The molecule has 0 atom stereocenters. The highest BCUT2D eigenvalue weighted by Gasteiger charge is 2.06. The second-order valence-electron chi connectivity index (χ2n) is 4.75. The molecule has 3 rings (SSSR count). The summed E-state index contributed by atoms with van der Waals surface area (Å²) in [6, 6.07) is 14.5. The van der Waals surface area contributed by atoms with Crippen LogP contribution in [0.2, 0.25) is 5.02 Å². The summed E-state index contributed by atoms with van der Waals surface area (Å²) in [7, 11) is 0. The maximum Gasteiger partial charge on any atom is 0.255 e. The molecule has 0 aliphatic rings. The highest BCUT2D eigenvalue weighted by atomic mass is 35.5. The average molecular weight is 345 g/mol. The predicted octanol–water partition coefficient (Wildman–Crippen LogP) is 4.00. The molecule has 0 radical (unpaired) electrons. The van der Waals surface area contributed by atoms with Gasteiger partial charge in [0, 0.05) is 22.0 Å². The lowest BCUT2D eigenvalue weighted by Crippen LogP contribution is -2.11. The lowest BCUT2D eigenvalue weighted by molar-refractivity contribution is 0.102. The minimum atomic E-state index is -0.150. The van der Waals surface area contributed by atoms with Crippen molar-refractivity contribution in [1.82, 2.24) is 15.4 Å². The second-order valence-corrected chi connectivity index (χ2v) is 6.19. The van der Waals surface area contributed by atoms with Crippen LogP contribution < -0.4 is 5.32 Å². The molecule has 2 N–H and O–H groups in total. The summed E-state index contributed by atoms with van der Waals surface area (Å²) in [4.78, 5) is 12.2. The molecular weight excluding hydrogens is 332 g/mol. The highest BCUT2D eigenvalue weighted by Crippen LogP contribution is 2.20. The lowest BCUT2D eigenvalue weighted by atomic mass is 10.1. The number of carbonyl (C=O) groups is 1. The van der Waals surface area contributed by atoms with Gasteiger partial charge in [-0.1, -0.05) is 35.5 Å². The van der Waals surface area contributed by atoms with Crippen molar-refractivity contribution in [3.8, 4) is 0 Å². The van der Waals surface area contributed by atoms with E-state index in [4.69, 9.17) is 11.6 Å². The van der Waals surface area contributed by atoms with E-state index in [1.807, 2.05) is 24.3 Å². The first-order valence-corrected chi connectivity index (χ1v) is 8.21. The Bertz CT molecular complexity index is 773. The van der Waals surface area contributed by atoms with Crippen molar-refractivity contribution in [2.45, 2.75) is 10.8 Å². The number of anilines is 1. The molecule has 0 fully saturated rings. The third-order valence-corrected chi connectivity index (χ3v) is 4.32. The van der Waals surface area contributed by atoms with Crippen molar-refractivity contribution >= 4 is 35.0 Å². The number of hydrogen-bond acceptors (Lipinski definition) is 4. The Labute approximate surface area is 142 Å². The molecule has 7 heteroatoms. The Morgan fingerprint density at radius 3 is 2.52 bits per heavy atom. The zero-order chi connectivity index (χ0) is 16.1. The number of H-pyrrole nitrogens is 1. The van der Waals surface area contributed by atoms with Gasteiger partial charge in [-0.15, -0.1) is 5.10 Å². The summed E-state index contributed by atoms with van der Waals surface area (Å²) >= 11 is 7.40. The van der Waals surface area contributed by atoms with Crippen LogP contribution in [0.5, 0.6) is 0 Å². The third-order valence-electron chi connectivity index (χ3n) is 3.10. The predicted molar refractivity (Wildman–Crippen MR) is 91.8 cm³/mol. The zero-order valence-corrected chi connectivity index (χ0v) is 13.6. The minimum absolute atomic E-state index is 0.150. The first-order valence-electron chi connectivity index (χ1n) is 6.85. The molecule has 0 saturated heterocycles. The van der Waals surface area contributed by atoms with E-state index in [0.29, 0.717) is 16.3 Å².